The minimum Gasteiger partial charge on any atom is -0.481 e. The van der Waals surface area contributed by atoms with E-state index in [1.54, 1.807) is 36.7 Å². The van der Waals surface area contributed by atoms with Crippen molar-refractivity contribution >= 4 is 34.3 Å². The van der Waals surface area contributed by atoms with Crippen molar-refractivity contribution in [1.82, 2.24) is 9.55 Å². The van der Waals surface area contributed by atoms with Crippen LogP contribution in [-0.2, 0) is 16.0 Å². The largest absolute Gasteiger partial charge is 0.481 e. The summed E-state index contributed by atoms with van der Waals surface area (Å²) >= 11 is 0. The van der Waals surface area contributed by atoms with Crippen molar-refractivity contribution in [3.05, 3.63) is 100 Å². The number of nitro groups is 1. The number of anilines is 1. The van der Waals surface area contributed by atoms with Gasteiger partial charge in [-0.2, -0.15) is 0 Å². The first-order valence-corrected chi connectivity index (χ1v) is 10.2. The van der Waals surface area contributed by atoms with Crippen molar-refractivity contribution in [1.29, 1.82) is 0 Å². The number of aliphatic carboxylic acids is 1. The quantitative estimate of drug-likeness (QED) is 0.310. The number of rotatable bonds is 8. The molecule has 4 aromatic rings. The molecule has 1 amide bonds. The number of carbonyl (C=O) groups is 2. The molecule has 1 unspecified atom stereocenters. The van der Waals surface area contributed by atoms with Crippen LogP contribution in [0.1, 0.15) is 23.6 Å². The van der Waals surface area contributed by atoms with Gasteiger partial charge >= 0.3 is 5.97 Å². The summed E-state index contributed by atoms with van der Waals surface area (Å²) < 4.78 is 1.82. The molecule has 9 heteroatoms. The number of amides is 1. The molecule has 4 rings (SSSR count). The van der Waals surface area contributed by atoms with Gasteiger partial charge in [-0.25, -0.2) is 4.98 Å². The lowest BCUT2D eigenvalue weighted by atomic mass is 10.0. The molecule has 0 saturated heterocycles. The fraction of sp³-hybridized carbons (Fsp3) is 0.125. The van der Waals surface area contributed by atoms with E-state index in [0.29, 0.717) is 16.8 Å². The van der Waals surface area contributed by atoms with Crippen molar-refractivity contribution in [2.75, 3.05) is 5.32 Å². The third-order valence-electron chi connectivity index (χ3n) is 5.26. The third-order valence-corrected chi connectivity index (χ3v) is 5.26. The molecule has 0 radical (unpaired) electrons. The maximum absolute atomic E-state index is 12.4. The van der Waals surface area contributed by atoms with E-state index in [1.165, 1.54) is 12.1 Å². The number of fused-ring (bicyclic) bond motifs is 1. The Balaban J connectivity index is 1.52. The molecule has 0 fully saturated rings. The first kappa shape index (κ1) is 21.7. The second kappa shape index (κ2) is 9.31. The minimum absolute atomic E-state index is 0.0306. The average molecular weight is 444 g/mol. The summed E-state index contributed by atoms with van der Waals surface area (Å²) in [6, 6.07) is 20.0. The van der Waals surface area contributed by atoms with Crippen molar-refractivity contribution in [2.24, 2.45) is 0 Å². The SMILES string of the molecule is O=C(O)CC(c1ccccc1)n1cnc2cc(NC(=O)Cc3ccc([N+](=O)[O-])cc3)ccc21. The van der Waals surface area contributed by atoms with Crippen molar-refractivity contribution in [2.45, 2.75) is 18.9 Å². The van der Waals surface area contributed by atoms with Gasteiger partial charge < -0.3 is 15.0 Å². The number of hydrogen-bond acceptors (Lipinski definition) is 5. The molecule has 0 bridgehead atoms. The molecule has 9 nitrogen and oxygen atoms in total. The van der Waals surface area contributed by atoms with E-state index in [-0.39, 0.29) is 24.4 Å². The van der Waals surface area contributed by atoms with E-state index in [2.05, 4.69) is 10.3 Å². The number of carboxylic acid groups (broad SMARTS) is 1. The number of nitrogens with zero attached hydrogens (tertiary/aromatic N) is 3. The molecule has 1 aromatic heterocycles. The van der Waals surface area contributed by atoms with Crippen LogP contribution in [0.5, 0.6) is 0 Å². The van der Waals surface area contributed by atoms with Crippen LogP contribution in [0.3, 0.4) is 0 Å². The lowest BCUT2D eigenvalue weighted by molar-refractivity contribution is -0.384. The lowest BCUT2D eigenvalue weighted by Gasteiger charge is -2.18. The highest BCUT2D eigenvalue weighted by molar-refractivity contribution is 5.94. The summed E-state index contributed by atoms with van der Waals surface area (Å²) in [5, 5.41) is 23.0. The highest BCUT2D eigenvalue weighted by Crippen LogP contribution is 2.28. The Morgan fingerprint density at radius 1 is 1.06 bits per heavy atom. The van der Waals surface area contributed by atoms with E-state index in [4.69, 9.17) is 0 Å². The molecular formula is C24H20N4O5. The summed E-state index contributed by atoms with van der Waals surface area (Å²) in [6.45, 7) is 0. The van der Waals surface area contributed by atoms with Crippen LogP contribution < -0.4 is 5.32 Å². The number of imidazole rings is 1. The van der Waals surface area contributed by atoms with E-state index in [0.717, 1.165) is 11.1 Å². The monoisotopic (exact) mass is 444 g/mol. The number of hydrogen-bond donors (Lipinski definition) is 2. The molecule has 1 heterocycles. The predicted molar refractivity (Wildman–Crippen MR) is 122 cm³/mol. The van der Waals surface area contributed by atoms with Gasteiger partial charge in [0.15, 0.2) is 0 Å². The summed E-state index contributed by atoms with van der Waals surface area (Å²) in [5.74, 6) is -1.18. The molecule has 0 spiro atoms. The highest BCUT2D eigenvalue weighted by atomic mass is 16.6. The second-order valence-corrected chi connectivity index (χ2v) is 7.53. The number of carbonyl (C=O) groups excluding carboxylic acids is 1. The van der Waals surface area contributed by atoms with Crippen LogP contribution in [0.4, 0.5) is 11.4 Å². The fourth-order valence-corrected chi connectivity index (χ4v) is 3.70. The summed E-state index contributed by atoms with van der Waals surface area (Å²) in [5.41, 5.74) is 3.40. The van der Waals surface area contributed by atoms with Crippen molar-refractivity contribution < 1.29 is 19.6 Å². The second-order valence-electron chi connectivity index (χ2n) is 7.53. The van der Waals surface area contributed by atoms with Crippen LogP contribution >= 0.6 is 0 Å². The molecule has 1 atom stereocenters. The molecule has 33 heavy (non-hydrogen) atoms. The van der Waals surface area contributed by atoms with E-state index in [9.17, 15) is 24.8 Å². The molecule has 0 aliphatic heterocycles. The van der Waals surface area contributed by atoms with Gasteiger partial charge in [-0.15, -0.1) is 0 Å². The Morgan fingerprint density at radius 3 is 2.45 bits per heavy atom. The summed E-state index contributed by atoms with van der Waals surface area (Å²) in [7, 11) is 0. The Bertz CT molecular complexity index is 1320. The van der Waals surface area contributed by atoms with Crippen LogP contribution in [0.2, 0.25) is 0 Å². The van der Waals surface area contributed by atoms with Gasteiger partial charge in [0.2, 0.25) is 5.91 Å². The fourth-order valence-electron chi connectivity index (χ4n) is 3.70. The van der Waals surface area contributed by atoms with E-state index >= 15 is 0 Å². The van der Waals surface area contributed by atoms with Gasteiger partial charge in [-0.05, 0) is 29.3 Å². The zero-order valence-electron chi connectivity index (χ0n) is 17.4. The van der Waals surface area contributed by atoms with Crippen LogP contribution in [0.15, 0.2) is 79.1 Å². The zero-order valence-corrected chi connectivity index (χ0v) is 17.4. The van der Waals surface area contributed by atoms with Crippen molar-refractivity contribution in [3.8, 4) is 0 Å². The van der Waals surface area contributed by atoms with Gasteiger partial charge in [0.25, 0.3) is 5.69 Å². The highest BCUT2D eigenvalue weighted by Gasteiger charge is 2.20. The number of nitrogens with one attached hydrogen (secondary N) is 1. The van der Waals surface area contributed by atoms with E-state index in [1.807, 2.05) is 34.9 Å². The normalized spacial score (nSPS) is 11.8. The Hall–Kier alpha value is -4.53. The third kappa shape index (κ3) is 5.04. The van der Waals surface area contributed by atoms with Crippen molar-refractivity contribution in [3.63, 3.8) is 0 Å². The average Bonchev–Trinajstić information content (AvgIpc) is 3.21. The summed E-state index contributed by atoms with van der Waals surface area (Å²) in [6.07, 6.45) is 1.58. The molecule has 0 aliphatic rings. The van der Waals surface area contributed by atoms with E-state index < -0.39 is 16.9 Å². The zero-order chi connectivity index (χ0) is 23.4. The Kier molecular flexibility index (Phi) is 6.12. The molecule has 2 N–H and O–H groups in total. The Labute approximate surface area is 188 Å². The maximum atomic E-state index is 12.4. The minimum atomic E-state index is -0.916. The Morgan fingerprint density at radius 2 is 1.79 bits per heavy atom. The predicted octanol–water partition coefficient (Wildman–Crippen LogP) is 4.19. The topological polar surface area (TPSA) is 127 Å². The number of carboxylic acids is 1. The van der Waals surface area contributed by atoms with Gasteiger partial charge in [-0.3, -0.25) is 19.7 Å². The molecule has 166 valence electrons. The van der Waals surface area contributed by atoms with Crippen LogP contribution in [0, 0.1) is 10.1 Å². The maximum Gasteiger partial charge on any atom is 0.305 e. The van der Waals surface area contributed by atoms with Gasteiger partial charge in [-0.1, -0.05) is 42.5 Å². The van der Waals surface area contributed by atoms with Gasteiger partial charge in [0.1, 0.15) is 0 Å². The number of nitro benzene ring substituents is 1. The standard InChI is InChI=1S/C24H20N4O5/c29-23(12-16-6-9-19(10-7-16)28(32)33)26-18-8-11-21-20(13-18)25-15-27(21)22(14-24(30)31)17-4-2-1-3-5-17/h1-11,13,15,22H,12,14H2,(H,26,29)(H,30,31). The number of benzene rings is 3. The molecule has 0 saturated carbocycles. The van der Waals surface area contributed by atoms with Crippen LogP contribution in [-0.4, -0.2) is 31.5 Å². The van der Waals surface area contributed by atoms with Crippen LogP contribution in [0.25, 0.3) is 11.0 Å². The first-order valence-electron chi connectivity index (χ1n) is 10.2. The smallest absolute Gasteiger partial charge is 0.305 e. The number of non-ortho nitro benzene ring substituents is 1. The molecule has 0 aliphatic carbocycles. The van der Waals surface area contributed by atoms with Gasteiger partial charge in [0.05, 0.1) is 41.2 Å². The molecular weight excluding hydrogens is 424 g/mol. The number of aromatic nitrogens is 2. The summed E-state index contributed by atoms with van der Waals surface area (Å²) in [4.78, 5) is 38.6. The lowest BCUT2D eigenvalue weighted by Crippen LogP contribution is -2.15. The van der Waals surface area contributed by atoms with Gasteiger partial charge in [0, 0.05) is 17.8 Å². The first-order chi connectivity index (χ1) is 15.9. The molecule has 3 aromatic carbocycles.